The SMILES string of the molecule is Oc1cc(-c2nc3sccn3c2-c2ccnc(NCCCNSc3ccc(C(F)(F)F)cc3)n2)ccc1F. The quantitative estimate of drug-likeness (QED) is 0.108. The lowest BCUT2D eigenvalue weighted by atomic mass is 10.1. The molecule has 38 heavy (non-hydrogen) atoms. The molecule has 13 heteroatoms. The van der Waals surface area contributed by atoms with Crippen molar-refractivity contribution in [3.8, 4) is 28.4 Å². The highest BCUT2D eigenvalue weighted by Gasteiger charge is 2.29. The maximum atomic E-state index is 13.6. The average Bonchev–Trinajstić information content (AvgIpc) is 3.49. The molecule has 0 bridgehead atoms. The Hall–Kier alpha value is -3.68. The summed E-state index contributed by atoms with van der Waals surface area (Å²) in [4.78, 5) is 15.0. The molecule has 0 aliphatic carbocycles. The highest BCUT2D eigenvalue weighted by molar-refractivity contribution is 7.97. The molecule has 5 rings (SSSR count). The maximum absolute atomic E-state index is 13.6. The van der Waals surface area contributed by atoms with Crippen molar-refractivity contribution >= 4 is 34.2 Å². The minimum absolute atomic E-state index is 0.413. The van der Waals surface area contributed by atoms with Gasteiger partial charge in [0.2, 0.25) is 5.95 Å². The van der Waals surface area contributed by atoms with Crippen LogP contribution in [0.3, 0.4) is 0 Å². The van der Waals surface area contributed by atoms with Gasteiger partial charge in [-0.15, -0.1) is 11.3 Å². The van der Waals surface area contributed by atoms with Crippen LogP contribution in [0.25, 0.3) is 27.6 Å². The number of alkyl halides is 3. The van der Waals surface area contributed by atoms with Crippen molar-refractivity contribution < 1.29 is 22.7 Å². The Morgan fingerprint density at radius 1 is 1.03 bits per heavy atom. The number of halogens is 4. The van der Waals surface area contributed by atoms with Crippen molar-refractivity contribution in [2.45, 2.75) is 17.5 Å². The third-order valence-corrected chi connectivity index (χ3v) is 7.10. The number of thiazole rings is 1. The van der Waals surface area contributed by atoms with Crippen LogP contribution in [-0.4, -0.2) is 37.5 Å². The molecule has 0 saturated carbocycles. The molecule has 0 fully saturated rings. The van der Waals surface area contributed by atoms with Gasteiger partial charge >= 0.3 is 6.18 Å². The molecule has 0 amide bonds. The summed E-state index contributed by atoms with van der Waals surface area (Å²) >= 11 is 2.71. The Balaban J connectivity index is 1.21. The number of hydrogen-bond donors (Lipinski definition) is 3. The molecule has 0 saturated heterocycles. The molecule has 0 unspecified atom stereocenters. The van der Waals surface area contributed by atoms with Crippen LogP contribution in [0.15, 0.2) is 71.2 Å². The van der Waals surface area contributed by atoms with Crippen LogP contribution < -0.4 is 10.0 Å². The van der Waals surface area contributed by atoms with E-state index in [0.717, 1.165) is 17.1 Å². The van der Waals surface area contributed by atoms with E-state index in [4.69, 9.17) is 0 Å². The van der Waals surface area contributed by atoms with Gasteiger partial charge in [0, 0.05) is 41.3 Å². The number of nitrogens with zero attached hydrogens (tertiary/aromatic N) is 4. The third kappa shape index (κ3) is 5.74. The normalized spacial score (nSPS) is 11.8. The first-order valence-corrected chi connectivity index (χ1v) is 13.1. The van der Waals surface area contributed by atoms with E-state index < -0.39 is 23.3 Å². The third-order valence-electron chi connectivity index (χ3n) is 5.49. The zero-order valence-electron chi connectivity index (χ0n) is 19.5. The fourth-order valence-electron chi connectivity index (χ4n) is 3.67. The molecule has 196 valence electrons. The summed E-state index contributed by atoms with van der Waals surface area (Å²) < 4.78 is 56.6. The van der Waals surface area contributed by atoms with Crippen LogP contribution in [0, 0.1) is 5.82 Å². The smallest absolute Gasteiger partial charge is 0.416 e. The van der Waals surface area contributed by atoms with Crippen molar-refractivity contribution in [3.05, 3.63) is 77.7 Å². The average molecular weight is 561 g/mol. The number of hydrogen-bond acceptors (Lipinski definition) is 8. The number of rotatable bonds is 9. The molecule has 0 spiro atoms. The van der Waals surface area contributed by atoms with Gasteiger partial charge in [-0.2, -0.15) is 13.2 Å². The van der Waals surface area contributed by atoms with E-state index in [2.05, 4.69) is 25.0 Å². The van der Waals surface area contributed by atoms with Gasteiger partial charge in [-0.1, -0.05) is 0 Å². The number of phenolic OH excluding ortho intramolecular Hbond substituents is 1. The Kier molecular flexibility index (Phi) is 7.49. The van der Waals surface area contributed by atoms with E-state index >= 15 is 0 Å². The van der Waals surface area contributed by atoms with E-state index in [9.17, 15) is 22.7 Å². The largest absolute Gasteiger partial charge is 0.505 e. The first kappa shape index (κ1) is 25.9. The van der Waals surface area contributed by atoms with Crippen molar-refractivity contribution in [3.63, 3.8) is 0 Å². The molecular formula is C25H20F4N6OS2. The Morgan fingerprint density at radius 3 is 2.61 bits per heavy atom. The van der Waals surface area contributed by atoms with E-state index in [0.29, 0.717) is 53.0 Å². The number of benzene rings is 2. The van der Waals surface area contributed by atoms with E-state index in [1.165, 1.54) is 47.6 Å². The monoisotopic (exact) mass is 560 g/mol. The Morgan fingerprint density at radius 2 is 1.84 bits per heavy atom. The molecule has 0 aliphatic rings. The molecule has 3 heterocycles. The summed E-state index contributed by atoms with van der Waals surface area (Å²) in [5.74, 6) is -0.756. The topological polar surface area (TPSA) is 87.4 Å². The number of nitrogens with one attached hydrogen (secondary N) is 2. The van der Waals surface area contributed by atoms with Crippen LogP contribution in [0.1, 0.15) is 12.0 Å². The van der Waals surface area contributed by atoms with E-state index in [-0.39, 0.29) is 0 Å². The molecule has 0 atom stereocenters. The van der Waals surface area contributed by atoms with Gasteiger partial charge in [0.1, 0.15) is 5.69 Å². The van der Waals surface area contributed by atoms with Gasteiger partial charge in [0.15, 0.2) is 16.5 Å². The van der Waals surface area contributed by atoms with Gasteiger partial charge < -0.3 is 10.4 Å². The van der Waals surface area contributed by atoms with Crippen molar-refractivity contribution in [2.75, 3.05) is 18.4 Å². The van der Waals surface area contributed by atoms with Crippen LogP contribution in [0.4, 0.5) is 23.5 Å². The van der Waals surface area contributed by atoms with Crippen molar-refractivity contribution in [1.29, 1.82) is 0 Å². The second-order valence-electron chi connectivity index (χ2n) is 8.10. The number of phenols is 1. The molecule has 5 aromatic rings. The number of fused-ring (bicyclic) bond motifs is 1. The lowest BCUT2D eigenvalue weighted by Gasteiger charge is -2.09. The molecule has 3 N–H and O–H groups in total. The van der Waals surface area contributed by atoms with Crippen LogP contribution in [-0.2, 0) is 6.18 Å². The lowest BCUT2D eigenvalue weighted by molar-refractivity contribution is -0.137. The molecule has 0 aliphatic heterocycles. The summed E-state index contributed by atoms with van der Waals surface area (Å²) in [7, 11) is 0. The summed E-state index contributed by atoms with van der Waals surface area (Å²) in [6.45, 7) is 1.16. The number of anilines is 1. The summed E-state index contributed by atoms with van der Waals surface area (Å²) in [5.41, 5.74) is 1.73. The molecule has 3 aromatic heterocycles. The molecule has 0 radical (unpaired) electrons. The maximum Gasteiger partial charge on any atom is 0.416 e. The van der Waals surface area contributed by atoms with Gasteiger partial charge in [0.25, 0.3) is 0 Å². The Labute approximate surface area is 222 Å². The molecule has 7 nitrogen and oxygen atoms in total. The van der Waals surface area contributed by atoms with E-state index in [1.54, 1.807) is 18.3 Å². The minimum Gasteiger partial charge on any atom is -0.505 e. The second kappa shape index (κ2) is 11.0. The summed E-state index contributed by atoms with van der Waals surface area (Å²) in [6, 6.07) is 10.8. The standard InChI is InChI=1S/C25H20F4N6OS2/c26-18-7-2-15(14-20(18)36)21-22(35-12-13-37-24(35)34-21)19-8-11-31-23(33-19)30-9-1-10-32-38-17-5-3-16(4-6-17)25(27,28)29/h2-8,11-14,32,36H,1,9-10H2,(H,30,31,33). The second-order valence-corrected chi connectivity index (χ2v) is 9.93. The minimum atomic E-state index is -4.35. The van der Waals surface area contributed by atoms with Crippen LogP contribution in [0.5, 0.6) is 5.75 Å². The Bertz CT molecular complexity index is 1550. The molecule has 2 aromatic carbocycles. The lowest BCUT2D eigenvalue weighted by Crippen LogP contribution is -2.13. The number of imidazole rings is 1. The molecular weight excluding hydrogens is 540 g/mol. The number of aromatic nitrogens is 4. The number of aromatic hydroxyl groups is 1. The van der Waals surface area contributed by atoms with Crippen molar-refractivity contribution in [2.24, 2.45) is 0 Å². The van der Waals surface area contributed by atoms with Crippen LogP contribution in [0.2, 0.25) is 0 Å². The summed E-state index contributed by atoms with van der Waals surface area (Å²) in [6.07, 6.45) is -0.144. The highest BCUT2D eigenvalue weighted by atomic mass is 32.2. The zero-order chi connectivity index (χ0) is 26.7. The summed E-state index contributed by atoms with van der Waals surface area (Å²) in [5, 5.41) is 14.9. The van der Waals surface area contributed by atoms with Gasteiger partial charge in [0.05, 0.1) is 17.0 Å². The van der Waals surface area contributed by atoms with Gasteiger partial charge in [-0.3, -0.25) is 9.12 Å². The first-order valence-electron chi connectivity index (χ1n) is 11.4. The van der Waals surface area contributed by atoms with E-state index in [1.807, 2.05) is 16.0 Å². The van der Waals surface area contributed by atoms with Gasteiger partial charge in [-0.05, 0) is 66.9 Å². The van der Waals surface area contributed by atoms with Crippen LogP contribution >= 0.6 is 23.3 Å². The predicted octanol–water partition coefficient (Wildman–Crippen LogP) is 6.48. The predicted molar refractivity (Wildman–Crippen MR) is 140 cm³/mol. The van der Waals surface area contributed by atoms with Gasteiger partial charge in [-0.25, -0.2) is 19.3 Å². The zero-order valence-corrected chi connectivity index (χ0v) is 21.2. The fraction of sp³-hybridized carbons (Fsp3) is 0.160. The first-order chi connectivity index (χ1) is 18.3. The highest BCUT2D eigenvalue weighted by Crippen LogP contribution is 2.35. The fourth-order valence-corrected chi connectivity index (χ4v) is 5.07. The van der Waals surface area contributed by atoms with Crippen molar-refractivity contribution in [1.82, 2.24) is 24.1 Å².